The second kappa shape index (κ2) is 5.49. The van der Waals surface area contributed by atoms with Gasteiger partial charge in [-0.25, -0.2) is 8.78 Å². The van der Waals surface area contributed by atoms with E-state index in [1.807, 2.05) is 0 Å². The first-order valence-corrected chi connectivity index (χ1v) is 5.16. The SMILES string of the molecule is Fc1cccc(F)c1CNCCc1ncno1. The monoisotopic (exact) mass is 239 g/mol. The van der Waals surface area contributed by atoms with Crippen LogP contribution in [0.1, 0.15) is 11.5 Å². The molecule has 0 amide bonds. The molecule has 1 aromatic heterocycles. The number of rotatable bonds is 5. The molecule has 1 aromatic carbocycles. The van der Waals surface area contributed by atoms with E-state index in [4.69, 9.17) is 4.52 Å². The van der Waals surface area contributed by atoms with Gasteiger partial charge >= 0.3 is 0 Å². The summed E-state index contributed by atoms with van der Waals surface area (Å²) < 4.78 is 31.2. The van der Waals surface area contributed by atoms with Crippen LogP contribution in [-0.4, -0.2) is 16.7 Å². The van der Waals surface area contributed by atoms with E-state index in [1.165, 1.54) is 24.5 Å². The summed E-state index contributed by atoms with van der Waals surface area (Å²) in [7, 11) is 0. The third-order valence-electron chi connectivity index (χ3n) is 2.29. The van der Waals surface area contributed by atoms with E-state index in [-0.39, 0.29) is 12.1 Å². The smallest absolute Gasteiger partial charge is 0.227 e. The summed E-state index contributed by atoms with van der Waals surface area (Å²) >= 11 is 0. The summed E-state index contributed by atoms with van der Waals surface area (Å²) in [6.45, 7) is 0.641. The Hall–Kier alpha value is -1.82. The van der Waals surface area contributed by atoms with Crippen molar-refractivity contribution in [3.05, 3.63) is 47.6 Å². The van der Waals surface area contributed by atoms with Gasteiger partial charge in [-0.3, -0.25) is 0 Å². The fourth-order valence-electron chi connectivity index (χ4n) is 1.42. The van der Waals surface area contributed by atoms with E-state index < -0.39 is 11.6 Å². The first-order valence-electron chi connectivity index (χ1n) is 5.16. The molecular weight excluding hydrogens is 228 g/mol. The fraction of sp³-hybridized carbons (Fsp3) is 0.273. The molecule has 1 N–H and O–H groups in total. The maximum Gasteiger partial charge on any atom is 0.227 e. The highest BCUT2D eigenvalue weighted by atomic mass is 19.1. The molecule has 0 fully saturated rings. The predicted molar refractivity (Wildman–Crippen MR) is 56.1 cm³/mol. The molecule has 1 heterocycles. The third-order valence-corrected chi connectivity index (χ3v) is 2.29. The Labute approximate surface area is 96.6 Å². The average molecular weight is 239 g/mol. The molecule has 2 rings (SSSR count). The van der Waals surface area contributed by atoms with Crippen molar-refractivity contribution in [2.75, 3.05) is 6.54 Å². The molecule has 17 heavy (non-hydrogen) atoms. The van der Waals surface area contributed by atoms with E-state index in [2.05, 4.69) is 15.5 Å². The lowest BCUT2D eigenvalue weighted by Crippen LogP contribution is -2.18. The summed E-state index contributed by atoms with van der Waals surface area (Å²) in [4.78, 5) is 3.83. The quantitative estimate of drug-likeness (QED) is 0.806. The Morgan fingerprint density at radius 1 is 1.24 bits per heavy atom. The molecule has 0 radical (unpaired) electrons. The van der Waals surface area contributed by atoms with Gasteiger partial charge in [-0.2, -0.15) is 4.98 Å². The van der Waals surface area contributed by atoms with Crippen molar-refractivity contribution < 1.29 is 13.3 Å². The van der Waals surface area contributed by atoms with Gasteiger partial charge in [0.15, 0.2) is 6.33 Å². The molecule has 0 aliphatic carbocycles. The summed E-state index contributed by atoms with van der Waals surface area (Å²) in [6, 6.07) is 3.81. The maximum atomic E-state index is 13.2. The first kappa shape index (κ1) is 11.7. The summed E-state index contributed by atoms with van der Waals surface area (Å²) in [5, 5.41) is 6.37. The van der Waals surface area contributed by atoms with Gasteiger partial charge in [-0.15, -0.1) is 0 Å². The van der Waals surface area contributed by atoms with Crippen molar-refractivity contribution >= 4 is 0 Å². The van der Waals surface area contributed by atoms with Gasteiger partial charge in [-0.05, 0) is 12.1 Å². The normalized spacial score (nSPS) is 10.7. The van der Waals surface area contributed by atoms with Crippen LogP contribution in [-0.2, 0) is 13.0 Å². The highest BCUT2D eigenvalue weighted by Gasteiger charge is 2.07. The van der Waals surface area contributed by atoms with Crippen LogP contribution in [0.2, 0.25) is 0 Å². The molecule has 0 aliphatic rings. The van der Waals surface area contributed by atoms with Crippen LogP contribution < -0.4 is 5.32 Å². The van der Waals surface area contributed by atoms with E-state index in [0.29, 0.717) is 18.9 Å². The van der Waals surface area contributed by atoms with Crippen LogP contribution in [0.4, 0.5) is 8.78 Å². The molecule has 0 aliphatic heterocycles. The van der Waals surface area contributed by atoms with Crippen LogP contribution in [0.3, 0.4) is 0 Å². The molecule has 90 valence electrons. The van der Waals surface area contributed by atoms with Crippen molar-refractivity contribution in [3.8, 4) is 0 Å². The van der Waals surface area contributed by atoms with Gasteiger partial charge in [0.1, 0.15) is 11.6 Å². The van der Waals surface area contributed by atoms with Gasteiger partial charge in [0.2, 0.25) is 5.89 Å². The lowest BCUT2D eigenvalue weighted by molar-refractivity contribution is 0.374. The lowest BCUT2D eigenvalue weighted by Gasteiger charge is -2.05. The predicted octanol–water partition coefficient (Wildman–Crippen LogP) is 1.68. The van der Waals surface area contributed by atoms with Gasteiger partial charge in [0, 0.05) is 25.1 Å². The number of hydrogen-bond acceptors (Lipinski definition) is 4. The summed E-state index contributed by atoms with van der Waals surface area (Å²) in [5.41, 5.74) is 0.0398. The van der Waals surface area contributed by atoms with Gasteiger partial charge in [-0.1, -0.05) is 11.2 Å². The topological polar surface area (TPSA) is 51.0 Å². The van der Waals surface area contributed by atoms with Crippen LogP contribution in [0.15, 0.2) is 29.0 Å². The molecule has 4 nitrogen and oxygen atoms in total. The second-order valence-electron chi connectivity index (χ2n) is 3.46. The number of nitrogens with zero attached hydrogens (tertiary/aromatic N) is 2. The van der Waals surface area contributed by atoms with Crippen molar-refractivity contribution in [2.24, 2.45) is 0 Å². The first-order chi connectivity index (χ1) is 8.27. The average Bonchev–Trinajstić information content (AvgIpc) is 2.80. The highest BCUT2D eigenvalue weighted by Crippen LogP contribution is 2.11. The Morgan fingerprint density at radius 2 is 2.00 bits per heavy atom. The molecule has 0 atom stereocenters. The molecule has 0 bridgehead atoms. The second-order valence-corrected chi connectivity index (χ2v) is 3.46. The van der Waals surface area contributed by atoms with Crippen LogP contribution in [0.5, 0.6) is 0 Å². The largest absolute Gasteiger partial charge is 0.340 e. The van der Waals surface area contributed by atoms with Crippen molar-refractivity contribution in [1.82, 2.24) is 15.5 Å². The fourth-order valence-corrected chi connectivity index (χ4v) is 1.42. The van der Waals surface area contributed by atoms with E-state index >= 15 is 0 Å². The van der Waals surface area contributed by atoms with Crippen LogP contribution in [0.25, 0.3) is 0 Å². The Morgan fingerprint density at radius 3 is 2.65 bits per heavy atom. The van der Waals surface area contributed by atoms with E-state index in [1.54, 1.807) is 0 Å². The summed E-state index contributed by atoms with van der Waals surface area (Å²) in [5.74, 6) is -0.600. The Bertz CT molecular complexity index is 453. The number of aromatic nitrogens is 2. The van der Waals surface area contributed by atoms with Crippen LogP contribution >= 0.6 is 0 Å². The minimum absolute atomic E-state index is 0.0398. The molecule has 0 spiro atoms. The zero-order chi connectivity index (χ0) is 12.1. The van der Waals surface area contributed by atoms with Crippen molar-refractivity contribution in [1.29, 1.82) is 0 Å². The molecule has 0 saturated carbocycles. The number of hydrogen-bond donors (Lipinski definition) is 1. The van der Waals surface area contributed by atoms with Crippen molar-refractivity contribution in [2.45, 2.75) is 13.0 Å². The third kappa shape index (κ3) is 3.07. The summed E-state index contributed by atoms with van der Waals surface area (Å²) in [6.07, 6.45) is 1.84. The lowest BCUT2D eigenvalue weighted by atomic mass is 10.2. The molecule has 2 aromatic rings. The molecule has 6 heteroatoms. The molecular formula is C11H11F2N3O. The van der Waals surface area contributed by atoms with Gasteiger partial charge in [0.25, 0.3) is 0 Å². The zero-order valence-corrected chi connectivity index (χ0v) is 8.99. The van der Waals surface area contributed by atoms with E-state index in [0.717, 1.165) is 0 Å². The van der Waals surface area contributed by atoms with Crippen LogP contribution in [0, 0.1) is 11.6 Å². The zero-order valence-electron chi connectivity index (χ0n) is 8.99. The number of nitrogens with one attached hydrogen (secondary N) is 1. The minimum Gasteiger partial charge on any atom is -0.340 e. The minimum atomic E-state index is -0.546. The standard InChI is InChI=1S/C11H11F2N3O/c12-9-2-1-3-10(13)8(9)6-14-5-4-11-15-7-16-17-11/h1-3,7,14H,4-6H2. The van der Waals surface area contributed by atoms with Crippen molar-refractivity contribution in [3.63, 3.8) is 0 Å². The van der Waals surface area contributed by atoms with Gasteiger partial charge < -0.3 is 9.84 Å². The highest BCUT2D eigenvalue weighted by molar-refractivity contribution is 5.19. The number of halogens is 2. The van der Waals surface area contributed by atoms with E-state index in [9.17, 15) is 8.78 Å². The molecule has 0 unspecified atom stereocenters. The maximum absolute atomic E-state index is 13.2. The van der Waals surface area contributed by atoms with Gasteiger partial charge in [0.05, 0.1) is 0 Å². The Balaban J connectivity index is 1.82. The number of benzene rings is 1. The Kier molecular flexibility index (Phi) is 3.77. The molecule has 0 saturated heterocycles.